The fraction of sp³-hybridized carbons (Fsp3) is 0.273. The summed E-state index contributed by atoms with van der Waals surface area (Å²) >= 11 is 3.08. The van der Waals surface area contributed by atoms with Crippen molar-refractivity contribution in [2.75, 3.05) is 13.2 Å². The molecule has 98 valence electrons. The van der Waals surface area contributed by atoms with Crippen LogP contribution < -0.4 is 11.1 Å². The van der Waals surface area contributed by atoms with Gasteiger partial charge in [0.05, 0.1) is 12.2 Å². The number of urea groups is 1. The molecule has 5 nitrogen and oxygen atoms in total. The molecule has 7 heteroatoms. The van der Waals surface area contributed by atoms with Crippen molar-refractivity contribution in [2.45, 2.75) is 6.42 Å². The average Bonchev–Trinajstić information content (AvgIpc) is 2.26. The smallest absolute Gasteiger partial charge is 0.338 e. The molecule has 1 aromatic carbocycles. The Morgan fingerprint density at radius 2 is 2.11 bits per heavy atom. The van der Waals surface area contributed by atoms with Crippen LogP contribution in [0.3, 0.4) is 0 Å². The molecule has 0 aliphatic carbocycles. The first-order chi connectivity index (χ1) is 8.49. The van der Waals surface area contributed by atoms with Crippen molar-refractivity contribution < 1.29 is 18.7 Å². The number of carbonyl (C=O) groups excluding carboxylic acids is 2. The van der Waals surface area contributed by atoms with E-state index in [-0.39, 0.29) is 12.2 Å². The molecule has 0 spiro atoms. The van der Waals surface area contributed by atoms with Crippen molar-refractivity contribution in [1.82, 2.24) is 5.32 Å². The summed E-state index contributed by atoms with van der Waals surface area (Å²) in [5.41, 5.74) is 4.98. The van der Waals surface area contributed by atoms with Crippen molar-refractivity contribution in [2.24, 2.45) is 5.73 Å². The molecule has 1 aromatic rings. The molecule has 0 radical (unpaired) electrons. The maximum absolute atomic E-state index is 13.0. The minimum absolute atomic E-state index is 0.118. The van der Waals surface area contributed by atoms with Crippen LogP contribution in [-0.2, 0) is 4.74 Å². The highest BCUT2D eigenvalue weighted by Gasteiger charge is 2.09. The highest BCUT2D eigenvalue weighted by molar-refractivity contribution is 9.10. The van der Waals surface area contributed by atoms with E-state index in [0.29, 0.717) is 17.4 Å². The minimum Gasteiger partial charge on any atom is -0.462 e. The zero-order valence-electron chi connectivity index (χ0n) is 9.41. The largest absolute Gasteiger partial charge is 0.462 e. The maximum Gasteiger partial charge on any atom is 0.338 e. The van der Waals surface area contributed by atoms with Gasteiger partial charge in [-0.25, -0.2) is 14.0 Å². The van der Waals surface area contributed by atoms with E-state index in [4.69, 9.17) is 10.5 Å². The minimum atomic E-state index is -0.629. The number of benzene rings is 1. The summed E-state index contributed by atoms with van der Waals surface area (Å²) in [6, 6.07) is 3.17. The zero-order chi connectivity index (χ0) is 13.5. The Bertz CT molecular complexity index is 434. The van der Waals surface area contributed by atoms with Crippen LogP contribution >= 0.6 is 15.9 Å². The molecule has 1 rings (SSSR count). The Morgan fingerprint density at radius 1 is 1.39 bits per heavy atom. The second-order valence-corrected chi connectivity index (χ2v) is 4.35. The van der Waals surface area contributed by atoms with Gasteiger partial charge in [0.25, 0.3) is 0 Å². The topological polar surface area (TPSA) is 81.4 Å². The zero-order valence-corrected chi connectivity index (χ0v) is 11.0. The van der Waals surface area contributed by atoms with E-state index in [0.717, 1.165) is 6.07 Å². The molecule has 0 fully saturated rings. The lowest BCUT2D eigenvalue weighted by atomic mass is 10.2. The highest BCUT2D eigenvalue weighted by Crippen LogP contribution is 2.15. The van der Waals surface area contributed by atoms with Gasteiger partial charge in [-0.1, -0.05) is 15.9 Å². The summed E-state index contributed by atoms with van der Waals surface area (Å²) in [7, 11) is 0. The van der Waals surface area contributed by atoms with Gasteiger partial charge >= 0.3 is 12.0 Å². The molecule has 2 amide bonds. The van der Waals surface area contributed by atoms with Crippen LogP contribution in [0.4, 0.5) is 9.18 Å². The lowest BCUT2D eigenvalue weighted by Crippen LogP contribution is -2.30. The molecule has 0 aliphatic rings. The van der Waals surface area contributed by atoms with Crippen molar-refractivity contribution >= 4 is 27.9 Å². The average molecular weight is 319 g/mol. The van der Waals surface area contributed by atoms with Crippen LogP contribution in [0.25, 0.3) is 0 Å². The SMILES string of the molecule is NC(=O)NCCCOC(=O)c1cc(F)cc(Br)c1. The summed E-state index contributed by atoms with van der Waals surface area (Å²) in [5.74, 6) is -1.14. The standard InChI is InChI=1S/C11H12BrFN2O3/c12-8-4-7(5-9(13)6-8)10(16)18-3-1-2-15-11(14)17/h4-6H,1-3H2,(H3,14,15,17). The van der Waals surface area contributed by atoms with Gasteiger partial charge in [-0.3, -0.25) is 0 Å². The number of ether oxygens (including phenoxy) is 1. The number of hydrogen-bond acceptors (Lipinski definition) is 3. The van der Waals surface area contributed by atoms with Gasteiger partial charge < -0.3 is 15.8 Å². The predicted octanol–water partition coefficient (Wildman–Crippen LogP) is 1.80. The van der Waals surface area contributed by atoms with Gasteiger partial charge in [-0.05, 0) is 24.6 Å². The number of esters is 1. The Kier molecular flexibility index (Phi) is 5.57. The van der Waals surface area contributed by atoms with Crippen LogP contribution in [0.15, 0.2) is 22.7 Å². The third kappa shape index (κ3) is 5.13. The molecule has 0 atom stereocenters. The van der Waals surface area contributed by atoms with Gasteiger partial charge in [0.2, 0.25) is 0 Å². The number of nitrogens with two attached hydrogens (primary N) is 1. The second-order valence-electron chi connectivity index (χ2n) is 3.44. The molecule has 0 saturated heterocycles. The van der Waals surface area contributed by atoms with Gasteiger partial charge in [0.15, 0.2) is 0 Å². The molecular weight excluding hydrogens is 307 g/mol. The van der Waals surface area contributed by atoms with Crippen LogP contribution in [0, 0.1) is 5.82 Å². The van der Waals surface area contributed by atoms with Crippen LogP contribution in [0.5, 0.6) is 0 Å². The highest BCUT2D eigenvalue weighted by atomic mass is 79.9. The monoisotopic (exact) mass is 318 g/mol. The fourth-order valence-electron chi connectivity index (χ4n) is 1.20. The van der Waals surface area contributed by atoms with Crippen LogP contribution in [-0.4, -0.2) is 25.2 Å². The van der Waals surface area contributed by atoms with Gasteiger partial charge in [0, 0.05) is 11.0 Å². The first kappa shape index (κ1) is 14.4. The van der Waals surface area contributed by atoms with Crippen molar-refractivity contribution in [3.63, 3.8) is 0 Å². The second kappa shape index (κ2) is 6.95. The van der Waals surface area contributed by atoms with E-state index < -0.39 is 17.8 Å². The van der Waals surface area contributed by atoms with E-state index >= 15 is 0 Å². The Balaban J connectivity index is 2.38. The predicted molar refractivity (Wildman–Crippen MR) is 66.6 cm³/mol. The van der Waals surface area contributed by atoms with E-state index in [1.54, 1.807) is 0 Å². The van der Waals surface area contributed by atoms with Crippen molar-refractivity contribution in [1.29, 1.82) is 0 Å². The fourth-order valence-corrected chi connectivity index (χ4v) is 1.67. The number of rotatable bonds is 5. The Hall–Kier alpha value is -1.63. The molecule has 0 heterocycles. The van der Waals surface area contributed by atoms with Crippen LogP contribution in [0.1, 0.15) is 16.8 Å². The molecule has 0 saturated carbocycles. The first-order valence-electron chi connectivity index (χ1n) is 5.15. The molecule has 18 heavy (non-hydrogen) atoms. The van der Waals surface area contributed by atoms with Crippen LogP contribution in [0.2, 0.25) is 0 Å². The number of amides is 2. The summed E-state index contributed by atoms with van der Waals surface area (Å²) in [4.78, 5) is 21.9. The number of primary amides is 1. The van der Waals surface area contributed by atoms with E-state index in [1.165, 1.54) is 12.1 Å². The van der Waals surface area contributed by atoms with E-state index in [9.17, 15) is 14.0 Å². The van der Waals surface area contributed by atoms with E-state index in [2.05, 4.69) is 21.2 Å². The quantitative estimate of drug-likeness (QED) is 0.641. The van der Waals surface area contributed by atoms with Crippen molar-refractivity contribution in [3.05, 3.63) is 34.1 Å². The molecule has 0 bridgehead atoms. The van der Waals surface area contributed by atoms with Crippen molar-refractivity contribution in [3.8, 4) is 0 Å². The lowest BCUT2D eigenvalue weighted by Gasteiger charge is -2.05. The molecule has 0 unspecified atom stereocenters. The molecule has 0 aliphatic heterocycles. The number of halogens is 2. The summed E-state index contributed by atoms with van der Waals surface area (Å²) in [6.45, 7) is 0.433. The Labute approximate surface area is 112 Å². The number of hydrogen-bond donors (Lipinski definition) is 2. The number of nitrogens with one attached hydrogen (secondary N) is 1. The third-order valence-electron chi connectivity index (χ3n) is 1.95. The molecule has 3 N–H and O–H groups in total. The maximum atomic E-state index is 13.0. The Morgan fingerprint density at radius 3 is 2.72 bits per heavy atom. The molecular formula is C11H12BrFN2O3. The van der Waals surface area contributed by atoms with Gasteiger partial charge in [-0.15, -0.1) is 0 Å². The first-order valence-corrected chi connectivity index (χ1v) is 5.95. The summed E-state index contributed by atoms with van der Waals surface area (Å²) in [6.07, 6.45) is 0.436. The van der Waals surface area contributed by atoms with E-state index in [1.807, 2.05) is 0 Å². The van der Waals surface area contributed by atoms with Gasteiger partial charge in [0.1, 0.15) is 5.82 Å². The molecule has 0 aromatic heterocycles. The third-order valence-corrected chi connectivity index (χ3v) is 2.41. The summed E-state index contributed by atoms with van der Waals surface area (Å²) in [5, 5.41) is 2.36. The normalized spacial score (nSPS) is 9.89. The number of carbonyl (C=O) groups is 2. The summed E-state index contributed by atoms with van der Waals surface area (Å²) < 4.78 is 18.4. The lowest BCUT2D eigenvalue weighted by molar-refractivity contribution is 0.0501. The van der Waals surface area contributed by atoms with Gasteiger partial charge in [-0.2, -0.15) is 0 Å².